The summed E-state index contributed by atoms with van der Waals surface area (Å²) in [5.74, 6) is 0. The molecule has 3 heteroatoms. The summed E-state index contributed by atoms with van der Waals surface area (Å²) in [7, 11) is -2.81. The molecule has 18 heavy (non-hydrogen) atoms. The second kappa shape index (κ2) is 5.89. The number of para-hydroxylation sites is 1. The molecule has 0 aliphatic rings. The van der Waals surface area contributed by atoms with Crippen molar-refractivity contribution in [1.29, 1.82) is 0 Å². The van der Waals surface area contributed by atoms with Crippen molar-refractivity contribution in [2.45, 2.75) is 46.5 Å². The highest BCUT2D eigenvalue weighted by Crippen LogP contribution is 2.31. The maximum Gasteiger partial charge on any atom is 0.167 e. The Morgan fingerprint density at radius 1 is 1.17 bits per heavy atom. The Balaban J connectivity index is 3.21. The van der Waals surface area contributed by atoms with Gasteiger partial charge in [0.05, 0.1) is 7.59 Å². The molecule has 1 unspecified atom stereocenters. The van der Waals surface area contributed by atoms with Gasteiger partial charge in [-0.1, -0.05) is 56.0 Å². The van der Waals surface area contributed by atoms with Gasteiger partial charge in [0.1, 0.15) is 0 Å². The smallest absolute Gasteiger partial charge is 0.167 e. The van der Waals surface area contributed by atoms with E-state index in [9.17, 15) is 0 Å². The maximum atomic E-state index is 3.97. The third-order valence-corrected chi connectivity index (χ3v) is 20.3. The minimum atomic E-state index is -1.57. The van der Waals surface area contributed by atoms with E-state index in [0.29, 0.717) is 0 Å². The standard InChI is InChI=1S/C15H27NSi2/c1-7-14(3)18(8-2,17(4,5)6)16-15-12-10-9-11-13-15/h7,9-13,16H,8H2,1-6H3/b14-7+. The van der Waals surface area contributed by atoms with Gasteiger partial charge >= 0.3 is 0 Å². The van der Waals surface area contributed by atoms with Crippen LogP contribution >= 0.6 is 0 Å². The lowest BCUT2D eigenvalue weighted by Gasteiger charge is -2.43. The van der Waals surface area contributed by atoms with E-state index in [2.05, 4.69) is 81.8 Å². The Hall–Kier alpha value is -0.806. The lowest BCUT2D eigenvalue weighted by atomic mass is 10.3. The highest BCUT2D eigenvalue weighted by Gasteiger charge is 2.46. The average molecular weight is 278 g/mol. The molecule has 0 saturated heterocycles. The van der Waals surface area contributed by atoms with Crippen LogP contribution in [0.2, 0.25) is 25.7 Å². The SMILES string of the molecule is C/C=C(\C)[Si](CC)(Nc1ccccc1)[Si](C)(C)C. The maximum absolute atomic E-state index is 3.97. The monoisotopic (exact) mass is 277 g/mol. The molecular formula is C15H27NSi2. The van der Waals surface area contributed by atoms with Crippen LogP contribution in [0, 0.1) is 0 Å². The van der Waals surface area contributed by atoms with Gasteiger partial charge in [0.2, 0.25) is 0 Å². The first kappa shape index (κ1) is 15.3. The second-order valence-electron chi connectivity index (χ2n) is 5.97. The number of allylic oxidation sites excluding steroid dienone is 2. The van der Waals surface area contributed by atoms with Crippen LogP contribution in [0.1, 0.15) is 20.8 Å². The summed E-state index contributed by atoms with van der Waals surface area (Å²) >= 11 is 0. The fraction of sp³-hybridized carbons (Fsp3) is 0.467. The summed E-state index contributed by atoms with van der Waals surface area (Å²) in [6.07, 6.45) is 2.32. The van der Waals surface area contributed by atoms with Gasteiger partial charge in [0.15, 0.2) is 7.75 Å². The van der Waals surface area contributed by atoms with Crippen LogP contribution in [0.5, 0.6) is 0 Å². The van der Waals surface area contributed by atoms with E-state index >= 15 is 0 Å². The summed E-state index contributed by atoms with van der Waals surface area (Å²) in [4.78, 5) is 3.97. The lowest BCUT2D eigenvalue weighted by Crippen LogP contribution is -2.64. The predicted molar refractivity (Wildman–Crippen MR) is 89.1 cm³/mol. The van der Waals surface area contributed by atoms with Crippen molar-refractivity contribution in [1.82, 2.24) is 0 Å². The highest BCUT2D eigenvalue weighted by atomic mass is 29.3. The molecule has 0 aliphatic carbocycles. The molecule has 0 spiro atoms. The Bertz CT molecular complexity index is 406. The summed E-state index contributed by atoms with van der Waals surface area (Å²) in [6.45, 7) is 14.4. The molecule has 1 atom stereocenters. The molecule has 0 aromatic heterocycles. The molecule has 0 heterocycles. The van der Waals surface area contributed by atoms with Crippen molar-refractivity contribution < 1.29 is 0 Å². The zero-order valence-electron chi connectivity index (χ0n) is 12.7. The third-order valence-electron chi connectivity index (χ3n) is 4.05. The molecule has 100 valence electrons. The fourth-order valence-electron chi connectivity index (χ4n) is 2.79. The molecule has 1 nitrogen and oxygen atoms in total. The van der Waals surface area contributed by atoms with Crippen LogP contribution in [0.3, 0.4) is 0 Å². The molecule has 0 amide bonds. The van der Waals surface area contributed by atoms with Gasteiger partial charge in [0, 0.05) is 5.69 Å². The van der Waals surface area contributed by atoms with Gasteiger partial charge in [-0.2, -0.15) is 0 Å². The zero-order chi connectivity index (χ0) is 13.8. The molecule has 1 rings (SSSR count). The van der Waals surface area contributed by atoms with E-state index in [-0.39, 0.29) is 0 Å². The topological polar surface area (TPSA) is 12.0 Å². The number of anilines is 1. The number of benzene rings is 1. The zero-order valence-corrected chi connectivity index (χ0v) is 14.7. The second-order valence-corrected chi connectivity index (χ2v) is 21.1. The van der Waals surface area contributed by atoms with Crippen LogP contribution in [0.15, 0.2) is 41.6 Å². The summed E-state index contributed by atoms with van der Waals surface area (Å²) in [6, 6.07) is 12.0. The third kappa shape index (κ3) is 2.95. The summed E-state index contributed by atoms with van der Waals surface area (Å²) in [5.41, 5.74) is 1.29. The van der Waals surface area contributed by atoms with Crippen LogP contribution in [0.25, 0.3) is 0 Å². The first-order valence-electron chi connectivity index (χ1n) is 6.84. The minimum absolute atomic E-state index is 1.24. The molecule has 0 aliphatic heterocycles. The van der Waals surface area contributed by atoms with E-state index in [1.54, 1.807) is 5.20 Å². The molecule has 0 fully saturated rings. The van der Waals surface area contributed by atoms with Crippen LogP contribution in [0.4, 0.5) is 5.69 Å². The largest absolute Gasteiger partial charge is 0.409 e. The first-order valence-corrected chi connectivity index (χ1v) is 13.5. The predicted octanol–water partition coefficient (Wildman–Crippen LogP) is 4.99. The van der Waals surface area contributed by atoms with Crippen LogP contribution in [-0.2, 0) is 0 Å². The Labute approximate surface area is 114 Å². The Morgan fingerprint density at radius 2 is 1.72 bits per heavy atom. The van der Waals surface area contributed by atoms with E-state index in [1.807, 2.05) is 0 Å². The van der Waals surface area contributed by atoms with E-state index in [0.717, 1.165) is 0 Å². The van der Waals surface area contributed by atoms with E-state index < -0.39 is 15.3 Å². The number of rotatable bonds is 5. The molecule has 1 aromatic rings. The fourth-order valence-corrected chi connectivity index (χ4v) is 16.2. The lowest BCUT2D eigenvalue weighted by molar-refractivity contribution is 1.34. The minimum Gasteiger partial charge on any atom is -0.409 e. The normalized spacial score (nSPS) is 16.2. The quantitative estimate of drug-likeness (QED) is 0.748. The molecular weight excluding hydrogens is 250 g/mol. The van der Waals surface area contributed by atoms with Crippen LogP contribution in [-0.4, -0.2) is 15.3 Å². The van der Waals surface area contributed by atoms with Gasteiger partial charge in [0.25, 0.3) is 0 Å². The molecule has 0 bridgehead atoms. The summed E-state index contributed by atoms with van der Waals surface area (Å²) in [5, 5.41) is 1.60. The van der Waals surface area contributed by atoms with Crippen molar-refractivity contribution in [2.75, 3.05) is 4.98 Å². The molecule has 0 radical (unpaired) electrons. The number of nitrogens with one attached hydrogen (secondary N) is 1. The number of hydrogen-bond acceptors (Lipinski definition) is 1. The molecule has 1 N–H and O–H groups in total. The van der Waals surface area contributed by atoms with Crippen molar-refractivity contribution in [3.63, 3.8) is 0 Å². The highest BCUT2D eigenvalue weighted by molar-refractivity contribution is 7.44. The molecule has 0 saturated carbocycles. The van der Waals surface area contributed by atoms with Crippen molar-refractivity contribution in [3.05, 3.63) is 41.6 Å². The van der Waals surface area contributed by atoms with Gasteiger partial charge < -0.3 is 4.98 Å². The summed E-state index contributed by atoms with van der Waals surface area (Å²) < 4.78 is 0. The van der Waals surface area contributed by atoms with E-state index in [4.69, 9.17) is 0 Å². The van der Waals surface area contributed by atoms with Gasteiger partial charge in [-0.05, 0) is 32.0 Å². The van der Waals surface area contributed by atoms with E-state index in [1.165, 1.54) is 11.7 Å². The van der Waals surface area contributed by atoms with Gasteiger partial charge in [-0.25, -0.2) is 0 Å². The Kier molecular flexibility index (Phi) is 4.99. The number of hydrogen-bond donors (Lipinski definition) is 1. The van der Waals surface area contributed by atoms with Crippen molar-refractivity contribution >= 4 is 21.0 Å². The van der Waals surface area contributed by atoms with Crippen molar-refractivity contribution in [2.24, 2.45) is 0 Å². The molecule has 1 aromatic carbocycles. The average Bonchev–Trinajstić information content (AvgIpc) is 2.34. The van der Waals surface area contributed by atoms with Crippen LogP contribution < -0.4 is 4.98 Å². The van der Waals surface area contributed by atoms with Gasteiger partial charge in [-0.15, -0.1) is 0 Å². The van der Waals surface area contributed by atoms with Gasteiger partial charge in [-0.3, -0.25) is 0 Å². The first-order chi connectivity index (χ1) is 8.37. The Morgan fingerprint density at radius 3 is 2.11 bits per heavy atom. The van der Waals surface area contributed by atoms with Crippen molar-refractivity contribution in [3.8, 4) is 0 Å².